The van der Waals surface area contributed by atoms with Gasteiger partial charge in [-0.2, -0.15) is 5.10 Å². The highest BCUT2D eigenvalue weighted by atomic mass is 19.1. The SMILES string of the molecule is Fc1cccc(-c2nccc3[nH]c(-c4n[nH]c5cnc(-c6cncc(OCc7ccccc7)c6)cc45)nc23)c1. The van der Waals surface area contributed by atoms with Crippen LogP contribution >= 0.6 is 0 Å². The predicted octanol–water partition coefficient (Wildman–Crippen LogP) is 6.34. The van der Waals surface area contributed by atoms with Crippen molar-refractivity contribution in [1.29, 1.82) is 0 Å². The molecule has 0 radical (unpaired) electrons. The smallest absolute Gasteiger partial charge is 0.159 e. The Morgan fingerprint density at radius 2 is 1.72 bits per heavy atom. The van der Waals surface area contributed by atoms with E-state index in [2.05, 4.69) is 30.1 Å². The molecule has 0 aliphatic heterocycles. The molecular formula is C30H20FN7O. The van der Waals surface area contributed by atoms with Gasteiger partial charge in [0.25, 0.3) is 0 Å². The Labute approximate surface area is 221 Å². The van der Waals surface area contributed by atoms with Gasteiger partial charge in [-0.3, -0.25) is 20.1 Å². The van der Waals surface area contributed by atoms with Crippen LogP contribution in [0.1, 0.15) is 5.56 Å². The van der Waals surface area contributed by atoms with Gasteiger partial charge in [-0.1, -0.05) is 42.5 Å². The lowest BCUT2D eigenvalue weighted by Crippen LogP contribution is -1.96. The molecule has 7 rings (SSSR count). The standard InChI is InChI=1S/C30H20FN7O/c31-21-8-4-7-19(11-21)27-29-24(9-10-33-27)35-30(36-29)28-23-13-25(34-16-26(23)37-38-28)20-12-22(15-32-14-20)39-17-18-5-2-1-3-6-18/h1-16H,17H2,(H,35,36)(H,37,38). The van der Waals surface area contributed by atoms with Crippen molar-refractivity contribution < 1.29 is 9.13 Å². The zero-order valence-electron chi connectivity index (χ0n) is 20.5. The molecule has 0 aliphatic rings. The van der Waals surface area contributed by atoms with Gasteiger partial charge < -0.3 is 9.72 Å². The molecule has 5 aromatic heterocycles. The van der Waals surface area contributed by atoms with Crippen molar-refractivity contribution >= 4 is 21.9 Å². The fraction of sp³-hybridized carbons (Fsp3) is 0.0333. The third-order valence-corrected chi connectivity index (χ3v) is 6.43. The minimum absolute atomic E-state index is 0.329. The number of nitrogens with zero attached hydrogens (tertiary/aromatic N) is 5. The van der Waals surface area contributed by atoms with E-state index in [4.69, 9.17) is 9.72 Å². The lowest BCUT2D eigenvalue weighted by atomic mass is 10.1. The van der Waals surface area contributed by atoms with Crippen LogP contribution in [0, 0.1) is 5.82 Å². The van der Waals surface area contributed by atoms with Crippen LogP contribution in [0.5, 0.6) is 5.75 Å². The first-order chi connectivity index (χ1) is 19.2. The molecule has 0 spiro atoms. The Morgan fingerprint density at radius 3 is 2.62 bits per heavy atom. The Hall–Kier alpha value is -5.44. The number of imidazole rings is 1. The van der Waals surface area contributed by atoms with Gasteiger partial charge in [0.2, 0.25) is 0 Å². The molecule has 0 unspecified atom stereocenters. The first kappa shape index (κ1) is 22.7. The number of ether oxygens (including phenoxy) is 1. The van der Waals surface area contributed by atoms with Gasteiger partial charge in [0.05, 0.1) is 34.8 Å². The summed E-state index contributed by atoms with van der Waals surface area (Å²) in [6.07, 6.45) is 6.85. The topological polar surface area (TPSA) is 105 Å². The van der Waals surface area contributed by atoms with E-state index in [1.807, 2.05) is 54.6 Å². The van der Waals surface area contributed by atoms with Crippen molar-refractivity contribution in [2.24, 2.45) is 0 Å². The molecule has 0 amide bonds. The average molecular weight is 514 g/mol. The van der Waals surface area contributed by atoms with Crippen LogP contribution in [0.3, 0.4) is 0 Å². The van der Waals surface area contributed by atoms with Crippen LogP contribution < -0.4 is 4.74 Å². The van der Waals surface area contributed by atoms with Crippen molar-refractivity contribution in [1.82, 2.24) is 35.1 Å². The van der Waals surface area contributed by atoms with Crippen molar-refractivity contribution in [3.63, 3.8) is 0 Å². The number of halogens is 1. The number of rotatable bonds is 6. The maximum Gasteiger partial charge on any atom is 0.159 e. The molecular weight excluding hydrogens is 493 g/mol. The fourth-order valence-corrected chi connectivity index (χ4v) is 4.53. The zero-order chi connectivity index (χ0) is 26.2. The summed E-state index contributed by atoms with van der Waals surface area (Å²) in [6, 6.07) is 22.0. The van der Waals surface area contributed by atoms with E-state index in [9.17, 15) is 4.39 Å². The summed E-state index contributed by atoms with van der Waals surface area (Å²) in [5.41, 5.74) is 6.67. The molecule has 188 valence electrons. The van der Waals surface area contributed by atoms with Crippen LogP contribution in [0.15, 0.2) is 97.6 Å². The summed E-state index contributed by atoms with van der Waals surface area (Å²) >= 11 is 0. The number of fused-ring (bicyclic) bond motifs is 2. The van der Waals surface area contributed by atoms with E-state index < -0.39 is 0 Å². The van der Waals surface area contributed by atoms with Gasteiger partial charge in [0.15, 0.2) is 5.82 Å². The molecule has 0 aliphatic carbocycles. The Kier molecular flexibility index (Phi) is 5.51. The monoisotopic (exact) mass is 513 g/mol. The van der Waals surface area contributed by atoms with Crippen LogP contribution in [0.2, 0.25) is 0 Å². The Morgan fingerprint density at radius 1 is 0.795 bits per heavy atom. The summed E-state index contributed by atoms with van der Waals surface area (Å²) in [5, 5.41) is 8.39. The minimum Gasteiger partial charge on any atom is -0.487 e. The molecule has 0 fully saturated rings. The quantitative estimate of drug-likeness (QED) is 0.269. The van der Waals surface area contributed by atoms with Crippen molar-refractivity contribution in [3.05, 3.63) is 109 Å². The van der Waals surface area contributed by atoms with Crippen molar-refractivity contribution in [2.45, 2.75) is 6.61 Å². The van der Waals surface area contributed by atoms with E-state index in [1.54, 1.807) is 30.9 Å². The summed E-state index contributed by atoms with van der Waals surface area (Å²) in [5.74, 6) is 0.891. The molecule has 9 heteroatoms. The van der Waals surface area contributed by atoms with Gasteiger partial charge in [0.1, 0.15) is 29.4 Å². The lowest BCUT2D eigenvalue weighted by molar-refractivity contribution is 0.305. The van der Waals surface area contributed by atoms with Gasteiger partial charge in [-0.25, -0.2) is 9.37 Å². The summed E-state index contributed by atoms with van der Waals surface area (Å²) in [7, 11) is 0. The second kappa shape index (κ2) is 9.46. The van der Waals surface area contributed by atoms with Crippen LogP contribution in [-0.4, -0.2) is 35.1 Å². The fourth-order valence-electron chi connectivity index (χ4n) is 4.53. The zero-order valence-corrected chi connectivity index (χ0v) is 20.5. The van der Waals surface area contributed by atoms with Crippen LogP contribution in [-0.2, 0) is 6.61 Å². The molecule has 2 N–H and O–H groups in total. The van der Waals surface area contributed by atoms with Gasteiger partial charge in [-0.05, 0) is 35.9 Å². The van der Waals surface area contributed by atoms with E-state index in [-0.39, 0.29) is 5.82 Å². The molecule has 39 heavy (non-hydrogen) atoms. The number of H-pyrrole nitrogens is 2. The van der Waals surface area contributed by atoms with Crippen molar-refractivity contribution in [3.8, 4) is 39.8 Å². The first-order valence-electron chi connectivity index (χ1n) is 12.3. The highest BCUT2D eigenvalue weighted by Crippen LogP contribution is 2.32. The van der Waals surface area contributed by atoms with Gasteiger partial charge in [0, 0.05) is 28.9 Å². The summed E-state index contributed by atoms with van der Waals surface area (Å²) < 4.78 is 19.8. The van der Waals surface area contributed by atoms with Crippen LogP contribution in [0.25, 0.3) is 56.0 Å². The van der Waals surface area contributed by atoms with Gasteiger partial charge in [-0.15, -0.1) is 0 Å². The maximum absolute atomic E-state index is 13.9. The highest BCUT2D eigenvalue weighted by Gasteiger charge is 2.17. The van der Waals surface area contributed by atoms with Gasteiger partial charge >= 0.3 is 0 Å². The Balaban J connectivity index is 1.24. The van der Waals surface area contributed by atoms with E-state index in [0.717, 1.165) is 33.2 Å². The number of pyridine rings is 3. The van der Waals surface area contributed by atoms with Crippen molar-refractivity contribution in [2.75, 3.05) is 0 Å². The Bertz CT molecular complexity index is 1950. The number of hydrogen-bond acceptors (Lipinski definition) is 6. The maximum atomic E-state index is 13.9. The second-order valence-electron chi connectivity index (χ2n) is 9.02. The molecule has 5 heterocycles. The third-order valence-electron chi connectivity index (χ3n) is 6.43. The molecule has 8 nitrogen and oxygen atoms in total. The number of benzene rings is 2. The predicted molar refractivity (Wildman–Crippen MR) is 146 cm³/mol. The number of nitrogens with one attached hydrogen (secondary N) is 2. The van der Waals surface area contributed by atoms with E-state index in [1.165, 1.54) is 12.1 Å². The summed E-state index contributed by atoms with van der Waals surface area (Å²) in [4.78, 5) is 21.6. The molecule has 7 aromatic rings. The molecule has 0 saturated heterocycles. The number of aromatic nitrogens is 7. The van der Waals surface area contributed by atoms with E-state index >= 15 is 0 Å². The van der Waals surface area contributed by atoms with E-state index in [0.29, 0.717) is 40.6 Å². The summed E-state index contributed by atoms with van der Waals surface area (Å²) in [6.45, 7) is 0.447. The normalized spacial score (nSPS) is 11.3. The molecule has 2 aromatic carbocycles. The third kappa shape index (κ3) is 4.36. The highest BCUT2D eigenvalue weighted by molar-refractivity contribution is 5.96. The molecule has 0 bridgehead atoms. The largest absolute Gasteiger partial charge is 0.487 e. The molecule has 0 saturated carbocycles. The number of aromatic amines is 2. The molecule has 0 atom stereocenters. The first-order valence-corrected chi connectivity index (χ1v) is 12.3. The number of hydrogen-bond donors (Lipinski definition) is 2. The lowest BCUT2D eigenvalue weighted by Gasteiger charge is -2.08. The second-order valence-corrected chi connectivity index (χ2v) is 9.02. The average Bonchev–Trinajstić information content (AvgIpc) is 3.60. The van der Waals surface area contributed by atoms with Crippen LogP contribution in [0.4, 0.5) is 4.39 Å². The minimum atomic E-state index is -0.329.